The van der Waals surface area contributed by atoms with Crippen LogP contribution in [0, 0.1) is 12.3 Å². The number of Topliss-reactive ketones (excluding diaryl/α,β-unsaturated/α-hetero) is 1. The van der Waals surface area contributed by atoms with Gasteiger partial charge < -0.3 is 16.0 Å². The van der Waals surface area contributed by atoms with Crippen LogP contribution in [0.3, 0.4) is 0 Å². The van der Waals surface area contributed by atoms with E-state index in [9.17, 15) is 19.2 Å². The molecule has 1 saturated heterocycles. The zero-order chi connectivity index (χ0) is 30.6. The number of nitrogens with zero attached hydrogens (tertiary/aromatic N) is 6. The summed E-state index contributed by atoms with van der Waals surface area (Å²) in [5.41, 5.74) is 8.30. The Morgan fingerprint density at radius 2 is 1.84 bits per heavy atom. The van der Waals surface area contributed by atoms with E-state index in [4.69, 9.17) is 5.73 Å². The molecule has 1 aromatic carbocycles. The van der Waals surface area contributed by atoms with E-state index < -0.39 is 11.9 Å². The van der Waals surface area contributed by atoms with E-state index in [1.165, 1.54) is 11.6 Å². The first-order chi connectivity index (χ1) is 20.4. The number of carbonyl (C=O) groups is 4. The molecule has 12 nitrogen and oxygen atoms in total. The number of rotatable bonds is 8. The van der Waals surface area contributed by atoms with Gasteiger partial charge in [0.1, 0.15) is 34.5 Å². The van der Waals surface area contributed by atoms with Gasteiger partial charge in [-0.15, -0.1) is 0 Å². The summed E-state index contributed by atoms with van der Waals surface area (Å²) in [5.74, 6) is -0.445. The number of nitrogens with two attached hydrogens (primary N) is 1. The highest BCUT2D eigenvalue weighted by molar-refractivity contribution is 9.10. The van der Waals surface area contributed by atoms with Gasteiger partial charge in [-0.1, -0.05) is 13.0 Å². The lowest BCUT2D eigenvalue weighted by atomic mass is 10.0. The monoisotopic (exact) mass is 644 g/mol. The molecule has 0 radical (unpaired) electrons. The van der Waals surface area contributed by atoms with Gasteiger partial charge in [-0.2, -0.15) is 5.10 Å². The Bertz CT molecular complexity index is 1820. The van der Waals surface area contributed by atoms with Crippen LogP contribution in [0.5, 0.6) is 0 Å². The van der Waals surface area contributed by atoms with Crippen molar-refractivity contribution in [2.75, 3.05) is 5.32 Å². The molecule has 3 N–H and O–H groups in total. The number of amides is 3. The first-order valence-corrected chi connectivity index (χ1v) is 14.6. The maximum atomic E-state index is 13.8. The third-order valence-electron chi connectivity index (χ3n) is 8.19. The van der Waals surface area contributed by atoms with Gasteiger partial charge in [0.15, 0.2) is 5.78 Å². The van der Waals surface area contributed by atoms with E-state index >= 15 is 0 Å². The molecule has 0 bridgehead atoms. The van der Waals surface area contributed by atoms with Crippen LogP contribution in [0.15, 0.2) is 47.3 Å². The first-order valence-electron chi connectivity index (χ1n) is 13.8. The lowest BCUT2D eigenvalue weighted by Gasteiger charge is -2.27. The lowest BCUT2D eigenvalue weighted by molar-refractivity contribution is -0.138. The van der Waals surface area contributed by atoms with Crippen molar-refractivity contribution in [2.45, 2.75) is 58.7 Å². The third-order valence-corrected chi connectivity index (χ3v) is 8.60. The number of pyridine rings is 1. The highest BCUT2D eigenvalue weighted by atomic mass is 79.9. The second-order valence-electron chi connectivity index (χ2n) is 11.5. The highest BCUT2D eigenvalue weighted by Gasteiger charge is 2.64. The molecule has 4 aromatic rings. The first kappa shape index (κ1) is 28.6. The normalized spacial score (nSPS) is 20.6. The van der Waals surface area contributed by atoms with Gasteiger partial charge >= 0.3 is 0 Å². The lowest BCUT2D eigenvalue weighted by Crippen LogP contribution is -2.46. The van der Waals surface area contributed by atoms with Crippen LogP contribution in [0.4, 0.5) is 5.82 Å². The predicted molar refractivity (Wildman–Crippen MR) is 161 cm³/mol. The number of ketones is 1. The Balaban J connectivity index is 1.26. The van der Waals surface area contributed by atoms with Crippen LogP contribution in [0.2, 0.25) is 0 Å². The van der Waals surface area contributed by atoms with Gasteiger partial charge in [-0.05, 0) is 76.5 Å². The Hall–Kier alpha value is -4.52. The summed E-state index contributed by atoms with van der Waals surface area (Å²) in [6.07, 6.45) is 4.76. The van der Waals surface area contributed by atoms with Crippen LogP contribution in [-0.2, 0) is 27.3 Å². The number of aromatic nitrogens is 5. The molecule has 3 amide bonds. The van der Waals surface area contributed by atoms with E-state index in [1.807, 2.05) is 18.2 Å². The summed E-state index contributed by atoms with van der Waals surface area (Å²) >= 11 is 3.31. The molecule has 220 valence electrons. The third kappa shape index (κ3) is 5.52. The van der Waals surface area contributed by atoms with Crippen molar-refractivity contribution in [2.24, 2.45) is 11.1 Å². The van der Waals surface area contributed by atoms with E-state index in [0.717, 1.165) is 17.5 Å². The summed E-state index contributed by atoms with van der Waals surface area (Å²) in [6.45, 7) is 5.18. The molecule has 3 atom stereocenters. The second kappa shape index (κ2) is 10.6. The van der Waals surface area contributed by atoms with Gasteiger partial charge in [-0.25, -0.2) is 15.0 Å². The SMILES string of the molecule is CC(=O)c1nn(CC(=O)N2[C@H](C(=O)Nc3cc(CC(N)=O)cc(Br)n3)C[C@@]3(C)C[C@@H]23)c2ccc(-c3cnc(C)nc3)cc12. The topological polar surface area (TPSA) is 166 Å². The zero-order valence-corrected chi connectivity index (χ0v) is 25.4. The van der Waals surface area contributed by atoms with Crippen LogP contribution < -0.4 is 11.1 Å². The molecule has 2 aliphatic rings. The Labute approximate surface area is 255 Å². The molecule has 2 fully saturated rings. The molecule has 13 heteroatoms. The number of aryl methyl sites for hydroxylation is 1. The predicted octanol–water partition coefficient (Wildman–Crippen LogP) is 3.21. The number of likely N-dealkylation sites (tertiary alicyclic amines) is 1. The summed E-state index contributed by atoms with van der Waals surface area (Å²) in [7, 11) is 0. The minimum Gasteiger partial charge on any atom is -0.369 e. The van der Waals surface area contributed by atoms with Crippen LogP contribution in [0.1, 0.15) is 48.6 Å². The van der Waals surface area contributed by atoms with E-state index in [-0.39, 0.29) is 53.5 Å². The molecule has 1 aliphatic heterocycles. The standard InChI is InChI=1S/C30H29BrN8O4/c1-15(40)28-20-9-18(19-12-33-16(2)34-13-19)4-5-21(20)38(37-28)14-27(42)39-22(10-30(3)11-23(30)39)29(43)36-26-8-17(7-25(32)41)6-24(31)35-26/h4-6,8-9,12-13,22-23H,7,10-11,14H2,1-3H3,(H2,32,41)(H,35,36,43)/t22-,23+,30-/m0/s1. The maximum absolute atomic E-state index is 13.8. The Kier molecular flexibility index (Phi) is 7.07. The minimum atomic E-state index is -0.709. The van der Waals surface area contributed by atoms with Crippen LogP contribution in [-0.4, -0.2) is 65.2 Å². The Morgan fingerprint density at radius 3 is 2.53 bits per heavy atom. The van der Waals surface area contributed by atoms with Gasteiger partial charge in [-0.3, -0.25) is 23.9 Å². The smallest absolute Gasteiger partial charge is 0.248 e. The van der Waals surface area contributed by atoms with Crippen molar-refractivity contribution in [1.29, 1.82) is 0 Å². The van der Waals surface area contributed by atoms with Crippen molar-refractivity contribution in [3.63, 3.8) is 0 Å². The maximum Gasteiger partial charge on any atom is 0.248 e. The molecule has 1 aliphatic carbocycles. The fraction of sp³-hybridized carbons (Fsp3) is 0.333. The molecule has 43 heavy (non-hydrogen) atoms. The largest absolute Gasteiger partial charge is 0.369 e. The molecular weight excluding hydrogens is 616 g/mol. The fourth-order valence-electron chi connectivity index (χ4n) is 5.98. The average molecular weight is 646 g/mol. The van der Waals surface area contributed by atoms with Gasteiger partial charge in [0, 0.05) is 36.3 Å². The number of benzene rings is 1. The van der Waals surface area contributed by atoms with Crippen molar-refractivity contribution in [3.8, 4) is 11.1 Å². The summed E-state index contributed by atoms with van der Waals surface area (Å²) in [4.78, 5) is 65.8. The van der Waals surface area contributed by atoms with Crippen LogP contribution >= 0.6 is 15.9 Å². The van der Waals surface area contributed by atoms with Gasteiger partial charge in [0.25, 0.3) is 0 Å². The summed E-state index contributed by atoms with van der Waals surface area (Å²) < 4.78 is 1.98. The average Bonchev–Trinajstić information content (AvgIpc) is 3.30. The quantitative estimate of drug-likeness (QED) is 0.218. The number of hydrogen-bond acceptors (Lipinski definition) is 8. The molecular formula is C30H29BrN8O4. The van der Waals surface area contributed by atoms with E-state index in [2.05, 4.69) is 48.2 Å². The number of hydrogen-bond donors (Lipinski definition) is 2. The minimum absolute atomic E-state index is 0.00145. The molecule has 6 rings (SSSR count). The van der Waals surface area contributed by atoms with Crippen molar-refractivity contribution in [3.05, 3.63) is 64.4 Å². The number of carbonyl (C=O) groups excluding carboxylic acids is 4. The van der Waals surface area contributed by atoms with Gasteiger partial charge in [0.05, 0.1) is 11.9 Å². The van der Waals surface area contributed by atoms with Crippen molar-refractivity contribution in [1.82, 2.24) is 29.6 Å². The molecule has 4 heterocycles. The highest BCUT2D eigenvalue weighted by Crippen LogP contribution is 2.59. The van der Waals surface area contributed by atoms with E-state index in [1.54, 1.807) is 36.4 Å². The van der Waals surface area contributed by atoms with Gasteiger partial charge in [0.2, 0.25) is 17.7 Å². The van der Waals surface area contributed by atoms with Crippen molar-refractivity contribution >= 4 is 56.2 Å². The number of piperidine rings is 1. The summed E-state index contributed by atoms with van der Waals surface area (Å²) in [5, 5.41) is 7.96. The molecule has 3 aromatic heterocycles. The number of nitrogens with one attached hydrogen (secondary N) is 1. The number of primary amides is 1. The van der Waals surface area contributed by atoms with Crippen molar-refractivity contribution < 1.29 is 19.2 Å². The zero-order valence-electron chi connectivity index (χ0n) is 23.8. The number of fused-ring (bicyclic) bond motifs is 2. The van der Waals surface area contributed by atoms with E-state index in [0.29, 0.717) is 33.3 Å². The fourth-order valence-corrected chi connectivity index (χ4v) is 6.46. The summed E-state index contributed by atoms with van der Waals surface area (Å²) in [6, 6.07) is 8.03. The number of anilines is 1. The van der Waals surface area contributed by atoms with Crippen LogP contribution in [0.25, 0.3) is 22.0 Å². The Morgan fingerprint density at radius 1 is 1.09 bits per heavy atom. The second-order valence-corrected chi connectivity index (χ2v) is 12.3. The number of halogens is 1. The molecule has 0 spiro atoms. The molecule has 1 saturated carbocycles. The molecule has 0 unspecified atom stereocenters.